The molecule has 2 aliphatic rings. The minimum Gasteiger partial charge on any atom is -0.481 e. The molecule has 0 radical (unpaired) electrons. The number of nitrogens with zero attached hydrogens (tertiary/aromatic N) is 1. The van der Waals surface area contributed by atoms with E-state index in [-0.39, 0.29) is 39.0 Å². The van der Waals surface area contributed by atoms with Crippen LogP contribution in [0.25, 0.3) is 0 Å². The maximum absolute atomic E-state index is 11.9. The molecule has 0 bridgehead atoms. The van der Waals surface area contributed by atoms with Gasteiger partial charge in [0.15, 0.2) is 5.78 Å². The van der Waals surface area contributed by atoms with Crippen LogP contribution in [0.2, 0.25) is 0 Å². The molecule has 0 saturated carbocycles. The summed E-state index contributed by atoms with van der Waals surface area (Å²) >= 11 is 12.4. The summed E-state index contributed by atoms with van der Waals surface area (Å²) in [5.74, 6) is -4.08. The van der Waals surface area contributed by atoms with Crippen LogP contribution in [0.1, 0.15) is 0 Å². The third-order valence-electron chi connectivity index (χ3n) is 3.62. The van der Waals surface area contributed by atoms with Gasteiger partial charge < -0.3 is 10.2 Å². The molecule has 0 aromatic carbocycles. The Labute approximate surface area is 176 Å². The number of hydrogen-bond acceptors (Lipinski definition) is 10. The molecule has 0 aliphatic carbocycles. The average molecular weight is 472 g/mol. The molecule has 0 aromatic rings. The van der Waals surface area contributed by atoms with Gasteiger partial charge in [-0.15, -0.1) is 11.8 Å². The molecule has 2 N–H and O–H groups in total. The fraction of sp³-hybridized carbons (Fsp3) is 0.538. The number of Topliss-reactive ketones (excluding diaryl/α,β-unsaturated/α-hetero) is 1. The SMILES string of the molecule is O=C1CSC(=S)[C@@H]1[C@H](CSSC[C@@H](C(=O)O)N1C(=O)CSC1=S)C(=O)O. The molecule has 7 nitrogen and oxygen atoms in total. The van der Waals surface area contributed by atoms with Crippen LogP contribution < -0.4 is 0 Å². The predicted molar refractivity (Wildman–Crippen MR) is 113 cm³/mol. The normalized spacial score (nSPS) is 22.8. The summed E-state index contributed by atoms with van der Waals surface area (Å²) in [6, 6.07) is -1.10. The van der Waals surface area contributed by atoms with Crippen LogP contribution in [0.5, 0.6) is 0 Å². The Morgan fingerprint density at radius 1 is 1.12 bits per heavy atom. The molecule has 1 amide bonds. The summed E-state index contributed by atoms with van der Waals surface area (Å²) < 4.78 is 0.622. The van der Waals surface area contributed by atoms with Crippen molar-refractivity contribution in [2.75, 3.05) is 23.0 Å². The summed E-state index contributed by atoms with van der Waals surface area (Å²) in [6.45, 7) is 0. The van der Waals surface area contributed by atoms with E-state index in [4.69, 9.17) is 24.4 Å². The Hall–Kier alpha value is -0.340. The first kappa shape index (κ1) is 22.0. The number of carbonyl (C=O) groups excluding carboxylic acids is 2. The van der Waals surface area contributed by atoms with Gasteiger partial charge in [0.2, 0.25) is 5.91 Å². The number of carboxylic acid groups (broad SMARTS) is 2. The smallest absolute Gasteiger partial charge is 0.327 e. The molecule has 26 heavy (non-hydrogen) atoms. The third kappa shape index (κ3) is 5.13. The lowest BCUT2D eigenvalue weighted by atomic mass is 9.92. The zero-order chi connectivity index (χ0) is 19.4. The van der Waals surface area contributed by atoms with Crippen LogP contribution in [-0.2, 0) is 19.2 Å². The van der Waals surface area contributed by atoms with Gasteiger partial charge in [-0.1, -0.05) is 57.8 Å². The second-order valence-corrected chi connectivity index (χ2v) is 11.1. The van der Waals surface area contributed by atoms with Gasteiger partial charge in [-0.25, -0.2) is 4.79 Å². The molecule has 3 atom stereocenters. The number of aliphatic carboxylic acids is 2. The molecule has 13 heteroatoms. The minimum atomic E-state index is -1.17. The van der Waals surface area contributed by atoms with Gasteiger partial charge in [-0.2, -0.15) is 0 Å². The highest BCUT2D eigenvalue weighted by atomic mass is 33.1. The molecule has 0 aromatic heterocycles. The lowest BCUT2D eigenvalue weighted by Gasteiger charge is -2.23. The lowest BCUT2D eigenvalue weighted by Crippen LogP contribution is -2.45. The lowest BCUT2D eigenvalue weighted by molar-refractivity contribution is -0.144. The van der Waals surface area contributed by atoms with Gasteiger partial charge in [0.1, 0.15) is 10.4 Å². The first-order valence-corrected chi connectivity index (χ1v) is 12.4. The van der Waals surface area contributed by atoms with Crippen molar-refractivity contribution in [2.24, 2.45) is 11.8 Å². The van der Waals surface area contributed by atoms with E-state index in [2.05, 4.69) is 0 Å². The molecule has 2 aliphatic heterocycles. The summed E-state index contributed by atoms with van der Waals surface area (Å²) in [4.78, 5) is 47.8. The molecule has 2 saturated heterocycles. The monoisotopic (exact) mass is 471 g/mol. The van der Waals surface area contributed by atoms with E-state index in [1.54, 1.807) is 0 Å². The number of rotatable bonds is 9. The fourth-order valence-electron chi connectivity index (χ4n) is 2.31. The van der Waals surface area contributed by atoms with Gasteiger partial charge in [0.05, 0.1) is 27.5 Å². The summed E-state index contributed by atoms with van der Waals surface area (Å²) in [5, 5.41) is 18.8. The minimum absolute atomic E-state index is 0.0522. The van der Waals surface area contributed by atoms with E-state index in [0.29, 0.717) is 4.20 Å². The predicted octanol–water partition coefficient (Wildman–Crippen LogP) is 1.64. The van der Waals surface area contributed by atoms with E-state index in [1.807, 2.05) is 0 Å². The number of thiocarbonyl (C=S) groups is 2. The molecule has 0 unspecified atom stereocenters. The zero-order valence-electron chi connectivity index (χ0n) is 13.0. The number of ketones is 1. The molecular formula is C13H13NO6S6. The first-order chi connectivity index (χ1) is 12.2. The van der Waals surface area contributed by atoms with Crippen LogP contribution in [-0.4, -0.2) is 76.3 Å². The van der Waals surface area contributed by atoms with Crippen molar-refractivity contribution in [3.8, 4) is 0 Å². The highest BCUT2D eigenvalue weighted by Crippen LogP contribution is 2.36. The van der Waals surface area contributed by atoms with Gasteiger partial charge in [0, 0.05) is 11.5 Å². The molecular weight excluding hydrogens is 459 g/mol. The van der Waals surface area contributed by atoms with Crippen molar-refractivity contribution < 1.29 is 29.4 Å². The van der Waals surface area contributed by atoms with Gasteiger partial charge in [0.25, 0.3) is 0 Å². The van der Waals surface area contributed by atoms with Crippen LogP contribution >= 0.6 is 69.5 Å². The summed E-state index contributed by atoms with van der Waals surface area (Å²) in [7, 11) is 2.29. The molecule has 142 valence electrons. The Morgan fingerprint density at radius 2 is 1.77 bits per heavy atom. The van der Waals surface area contributed by atoms with E-state index in [9.17, 15) is 29.4 Å². The zero-order valence-corrected chi connectivity index (χ0v) is 17.9. The van der Waals surface area contributed by atoms with E-state index < -0.39 is 29.8 Å². The van der Waals surface area contributed by atoms with Crippen molar-refractivity contribution in [3.05, 3.63) is 0 Å². The molecule has 2 fully saturated rings. The van der Waals surface area contributed by atoms with E-state index >= 15 is 0 Å². The van der Waals surface area contributed by atoms with Gasteiger partial charge in [-0.05, 0) is 0 Å². The Morgan fingerprint density at radius 3 is 2.23 bits per heavy atom. The molecule has 2 heterocycles. The number of amides is 1. The van der Waals surface area contributed by atoms with E-state index in [0.717, 1.165) is 38.2 Å². The van der Waals surface area contributed by atoms with E-state index in [1.165, 1.54) is 11.8 Å². The first-order valence-electron chi connectivity index (χ1n) is 7.12. The third-order valence-corrected chi connectivity index (χ3v) is 9.01. The number of carboxylic acids is 2. The number of hydrogen-bond donors (Lipinski definition) is 2. The maximum Gasteiger partial charge on any atom is 0.327 e. The van der Waals surface area contributed by atoms with Crippen LogP contribution in [0, 0.1) is 11.8 Å². The summed E-state index contributed by atoms with van der Waals surface area (Å²) in [6.07, 6.45) is 0. The Balaban J connectivity index is 1.92. The van der Waals surface area contributed by atoms with Crippen molar-refractivity contribution in [2.45, 2.75) is 6.04 Å². The Bertz CT molecular complexity index is 582. The molecule has 2 rings (SSSR count). The number of thioether (sulfide) groups is 2. The van der Waals surface area contributed by atoms with Crippen LogP contribution in [0.15, 0.2) is 0 Å². The molecule has 0 spiro atoms. The largest absolute Gasteiger partial charge is 0.481 e. The highest BCUT2D eigenvalue weighted by Gasteiger charge is 2.41. The second kappa shape index (κ2) is 9.73. The second-order valence-electron chi connectivity index (χ2n) is 5.24. The van der Waals surface area contributed by atoms with Crippen LogP contribution in [0.3, 0.4) is 0 Å². The van der Waals surface area contributed by atoms with Crippen LogP contribution in [0.4, 0.5) is 0 Å². The maximum atomic E-state index is 11.9. The average Bonchev–Trinajstić information content (AvgIpc) is 3.06. The fourth-order valence-corrected chi connectivity index (χ4v) is 7.38. The Kier molecular flexibility index (Phi) is 8.22. The number of carbonyl (C=O) groups is 4. The van der Waals surface area contributed by atoms with Gasteiger partial charge in [-0.3, -0.25) is 19.3 Å². The van der Waals surface area contributed by atoms with Crippen molar-refractivity contribution in [1.29, 1.82) is 0 Å². The topological polar surface area (TPSA) is 112 Å². The van der Waals surface area contributed by atoms with Crippen molar-refractivity contribution in [3.63, 3.8) is 0 Å². The quantitative estimate of drug-likeness (QED) is 0.290. The van der Waals surface area contributed by atoms with Crippen molar-refractivity contribution >= 4 is 102 Å². The standard InChI is InChI=1S/C13H13NO6S6/c15-7-3-23-12(21)9(7)5(10(17)18)1-25-26-2-6(11(19)20)14-8(16)4-24-13(14)22/h5-6,9H,1-4H2,(H,17,18)(H,19,20)/t5-,6-,9+/m0/s1. The van der Waals surface area contributed by atoms with Crippen molar-refractivity contribution in [1.82, 2.24) is 4.90 Å². The highest BCUT2D eigenvalue weighted by molar-refractivity contribution is 8.76. The summed E-state index contributed by atoms with van der Waals surface area (Å²) in [5.41, 5.74) is 0. The van der Waals surface area contributed by atoms with Gasteiger partial charge >= 0.3 is 11.9 Å².